The molecule has 0 aliphatic carbocycles. The molecule has 0 saturated carbocycles. The van der Waals surface area contributed by atoms with Crippen LogP contribution in [0.4, 0.5) is 4.79 Å². The molecule has 1 unspecified atom stereocenters. The average molecular weight is 335 g/mol. The van der Waals surface area contributed by atoms with Crippen LogP contribution in [0.5, 0.6) is 0 Å². The van der Waals surface area contributed by atoms with E-state index in [-0.39, 0.29) is 12.7 Å². The maximum atomic E-state index is 12.2. The van der Waals surface area contributed by atoms with E-state index in [1.165, 1.54) is 0 Å². The molecular formula is C18H25NO5. The summed E-state index contributed by atoms with van der Waals surface area (Å²) in [5.74, 6) is -0.517. The van der Waals surface area contributed by atoms with E-state index in [1.54, 1.807) is 4.90 Å². The van der Waals surface area contributed by atoms with Crippen molar-refractivity contribution in [3.63, 3.8) is 0 Å². The Balaban J connectivity index is 1.66. The molecule has 132 valence electrons. The number of piperidine rings is 1. The predicted octanol–water partition coefficient (Wildman–Crippen LogP) is 2.92. The molecule has 6 nitrogen and oxygen atoms in total. The number of hydrogen-bond acceptors (Lipinski definition) is 4. The predicted molar refractivity (Wildman–Crippen MR) is 88.6 cm³/mol. The summed E-state index contributed by atoms with van der Waals surface area (Å²) in [5, 5.41) is 8.51. The molecule has 1 aliphatic heterocycles. The van der Waals surface area contributed by atoms with Gasteiger partial charge in [-0.15, -0.1) is 0 Å². The first-order valence-corrected chi connectivity index (χ1v) is 8.40. The minimum Gasteiger partial charge on any atom is -0.480 e. The Kier molecular flexibility index (Phi) is 7.55. The highest BCUT2D eigenvalue weighted by Gasteiger charge is 2.24. The smallest absolute Gasteiger partial charge is 0.410 e. The fourth-order valence-corrected chi connectivity index (χ4v) is 2.91. The Morgan fingerprint density at radius 2 is 2.04 bits per heavy atom. The fraction of sp³-hybridized carbons (Fsp3) is 0.556. The van der Waals surface area contributed by atoms with Crippen molar-refractivity contribution in [1.82, 2.24) is 4.90 Å². The number of carboxylic acids is 1. The van der Waals surface area contributed by atoms with Crippen LogP contribution in [0, 0.1) is 5.92 Å². The van der Waals surface area contributed by atoms with E-state index in [4.69, 9.17) is 14.6 Å². The molecule has 1 aromatic rings. The molecule has 1 amide bonds. The van der Waals surface area contributed by atoms with Crippen LogP contribution in [0.25, 0.3) is 0 Å². The summed E-state index contributed by atoms with van der Waals surface area (Å²) in [6.07, 6.45) is 3.54. The normalized spacial score (nSPS) is 17.5. The maximum Gasteiger partial charge on any atom is 0.410 e. The quantitative estimate of drug-likeness (QED) is 0.739. The number of amides is 1. The van der Waals surface area contributed by atoms with Crippen molar-refractivity contribution in [3.05, 3.63) is 35.9 Å². The number of ether oxygens (including phenoxy) is 2. The number of aliphatic carboxylic acids is 1. The molecule has 1 saturated heterocycles. The lowest BCUT2D eigenvalue weighted by Crippen LogP contribution is -2.40. The monoisotopic (exact) mass is 335 g/mol. The zero-order valence-corrected chi connectivity index (χ0v) is 13.9. The van der Waals surface area contributed by atoms with Crippen molar-refractivity contribution in [2.24, 2.45) is 5.92 Å². The van der Waals surface area contributed by atoms with Crippen molar-refractivity contribution >= 4 is 12.1 Å². The minimum absolute atomic E-state index is 0.247. The van der Waals surface area contributed by atoms with Crippen LogP contribution in [0.2, 0.25) is 0 Å². The van der Waals surface area contributed by atoms with Crippen LogP contribution in [0.3, 0.4) is 0 Å². The molecule has 0 radical (unpaired) electrons. The van der Waals surface area contributed by atoms with Gasteiger partial charge in [-0.2, -0.15) is 0 Å². The highest BCUT2D eigenvalue weighted by atomic mass is 16.6. The van der Waals surface area contributed by atoms with Crippen LogP contribution in [0.15, 0.2) is 30.3 Å². The number of carboxylic acid groups (broad SMARTS) is 1. The van der Waals surface area contributed by atoms with Gasteiger partial charge in [0, 0.05) is 19.7 Å². The standard InChI is InChI=1S/C18H25NO5/c20-17(21)14-23-11-5-9-15-8-4-10-19(12-15)18(22)24-13-16-6-2-1-3-7-16/h1-3,6-7,15H,4-5,8-14H2,(H,20,21). The van der Waals surface area contributed by atoms with E-state index >= 15 is 0 Å². The number of nitrogens with zero attached hydrogens (tertiary/aromatic N) is 1. The molecule has 24 heavy (non-hydrogen) atoms. The lowest BCUT2D eigenvalue weighted by molar-refractivity contribution is -0.142. The van der Waals surface area contributed by atoms with Crippen LogP contribution < -0.4 is 0 Å². The molecule has 0 aromatic heterocycles. The SMILES string of the molecule is O=C(O)COCCCC1CCCN(C(=O)OCc2ccccc2)C1. The molecule has 1 aliphatic rings. The summed E-state index contributed by atoms with van der Waals surface area (Å²) >= 11 is 0. The van der Waals surface area contributed by atoms with Gasteiger partial charge in [-0.25, -0.2) is 9.59 Å². The van der Waals surface area contributed by atoms with Crippen molar-refractivity contribution in [1.29, 1.82) is 0 Å². The van der Waals surface area contributed by atoms with Crippen LogP contribution in [-0.4, -0.2) is 48.4 Å². The summed E-state index contributed by atoms with van der Waals surface area (Å²) in [4.78, 5) is 24.3. The van der Waals surface area contributed by atoms with Gasteiger partial charge in [0.25, 0.3) is 0 Å². The zero-order chi connectivity index (χ0) is 17.2. The second-order valence-corrected chi connectivity index (χ2v) is 6.08. The second kappa shape index (κ2) is 9.93. The third-order valence-corrected chi connectivity index (χ3v) is 4.11. The first kappa shape index (κ1) is 18.3. The third-order valence-electron chi connectivity index (χ3n) is 4.11. The average Bonchev–Trinajstić information content (AvgIpc) is 2.60. The molecule has 1 aromatic carbocycles. The molecule has 1 heterocycles. The van der Waals surface area contributed by atoms with E-state index in [2.05, 4.69) is 0 Å². The summed E-state index contributed by atoms with van der Waals surface area (Å²) in [6.45, 7) is 1.93. The van der Waals surface area contributed by atoms with Gasteiger partial charge in [-0.1, -0.05) is 30.3 Å². The van der Waals surface area contributed by atoms with Gasteiger partial charge in [0.05, 0.1) is 0 Å². The van der Waals surface area contributed by atoms with Gasteiger partial charge in [0.1, 0.15) is 13.2 Å². The largest absolute Gasteiger partial charge is 0.480 e. The first-order valence-electron chi connectivity index (χ1n) is 8.40. The van der Waals surface area contributed by atoms with E-state index < -0.39 is 5.97 Å². The number of hydrogen-bond donors (Lipinski definition) is 1. The van der Waals surface area contributed by atoms with Gasteiger partial charge in [0.2, 0.25) is 0 Å². The van der Waals surface area contributed by atoms with Crippen molar-refractivity contribution < 1.29 is 24.2 Å². The minimum atomic E-state index is -0.944. The number of carbonyl (C=O) groups excluding carboxylic acids is 1. The van der Waals surface area contributed by atoms with Crippen LogP contribution in [0.1, 0.15) is 31.2 Å². The maximum absolute atomic E-state index is 12.2. The van der Waals surface area contributed by atoms with Gasteiger partial charge < -0.3 is 19.5 Å². The topological polar surface area (TPSA) is 76.1 Å². The lowest BCUT2D eigenvalue weighted by Gasteiger charge is -2.32. The van der Waals surface area contributed by atoms with Gasteiger partial charge in [0.15, 0.2) is 0 Å². The number of benzene rings is 1. The van der Waals surface area contributed by atoms with Crippen molar-refractivity contribution in [2.45, 2.75) is 32.3 Å². The van der Waals surface area contributed by atoms with Crippen LogP contribution >= 0.6 is 0 Å². The van der Waals surface area contributed by atoms with Crippen LogP contribution in [-0.2, 0) is 20.9 Å². The molecular weight excluding hydrogens is 310 g/mol. The Labute approximate surface area is 142 Å². The Hall–Kier alpha value is -2.08. The van der Waals surface area contributed by atoms with Gasteiger partial charge >= 0.3 is 12.1 Å². The Morgan fingerprint density at radius 3 is 2.79 bits per heavy atom. The third kappa shape index (κ3) is 6.58. The summed E-state index contributed by atoms with van der Waals surface area (Å²) < 4.78 is 10.4. The first-order chi connectivity index (χ1) is 11.6. The van der Waals surface area contributed by atoms with Crippen molar-refractivity contribution in [3.8, 4) is 0 Å². The molecule has 6 heteroatoms. The van der Waals surface area contributed by atoms with E-state index in [0.717, 1.165) is 37.8 Å². The second-order valence-electron chi connectivity index (χ2n) is 6.08. The lowest BCUT2D eigenvalue weighted by atomic mass is 9.94. The Morgan fingerprint density at radius 1 is 1.25 bits per heavy atom. The van der Waals surface area contributed by atoms with Gasteiger partial charge in [-0.05, 0) is 37.2 Å². The molecule has 1 atom stereocenters. The highest BCUT2D eigenvalue weighted by Crippen LogP contribution is 2.21. The van der Waals surface area contributed by atoms with Gasteiger partial charge in [-0.3, -0.25) is 0 Å². The summed E-state index contributed by atoms with van der Waals surface area (Å²) in [7, 11) is 0. The highest BCUT2D eigenvalue weighted by molar-refractivity contribution is 5.68. The summed E-state index contributed by atoms with van der Waals surface area (Å²) in [5.41, 5.74) is 0.981. The van der Waals surface area contributed by atoms with Crippen molar-refractivity contribution in [2.75, 3.05) is 26.3 Å². The number of carbonyl (C=O) groups is 2. The zero-order valence-electron chi connectivity index (χ0n) is 13.9. The number of likely N-dealkylation sites (tertiary alicyclic amines) is 1. The molecule has 1 fully saturated rings. The number of rotatable bonds is 8. The molecule has 2 rings (SSSR count). The molecule has 0 spiro atoms. The van der Waals surface area contributed by atoms with E-state index in [1.807, 2.05) is 30.3 Å². The van der Waals surface area contributed by atoms with E-state index in [9.17, 15) is 9.59 Å². The molecule has 1 N–H and O–H groups in total. The summed E-state index contributed by atoms with van der Waals surface area (Å²) in [6, 6.07) is 9.65. The fourth-order valence-electron chi connectivity index (χ4n) is 2.91. The van der Waals surface area contributed by atoms with E-state index in [0.29, 0.717) is 25.7 Å². The molecule has 0 bridgehead atoms. The Bertz CT molecular complexity index is 519.